The molecule has 0 aromatic heterocycles. The molecule has 6 nitrogen and oxygen atoms in total. The SMILES string of the molecule is CN=Nc1ccc([N+](=O)[O-])cc1OC. The zero-order valence-corrected chi connectivity index (χ0v) is 7.80. The third kappa shape index (κ3) is 2.03. The number of nitrogens with zero attached hydrogens (tertiary/aromatic N) is 3. The van der Waals surface area contributed by atoms with Crippen LogP contribution in [-0.2, 0) is 0 Å². The number of hydrogen-bond donors (Lipinski definition) is 0. The third-order valence-electron chi connectivity index (χ3n) is 1.58. The number of nitro groups is 1. The van der Waals surface area contributed by atoms with Gasteiger partial charge in [-0.15, -0.1) is 0 Å². The first kappa shape index (κ1) is 10.1. The summed E-state index contributed by atoms with van der Waals surface area (Å²) in [5.74, 6) is 0.338. The monoisotopic (exact) mass is 195 g/mol. The van der Waals surface area contributed by atoms with E-state index in [0.29, 0.717) is 11.4 Å². The topological polar surface area (TPSA) is 77.1 Å². The first-order valence-corrected chi connectivity index (χ1v) is 3.81. The number of methoxy groups -OCH3 is 1. The number of azo groups is 1. The molecule has 0 radical (unpaired) electrons. The lowest BCUT2D eigenvalue weighted by Crippen LogP contribution is -1.89. The van der Waals surface area contributed by atoms with Crippen molar-refractivity contribution in [2.24, 2.45) is 10.2 Å². The number of benzene rings is 1. The summed E-state index contributed by atoms with van der Waals surface area (Å²) in [4.78, 5) is 9.94. The Labute approximate surface area is 80.4 Å². The van der Waals surface area contributed by atoms with E-state index in [-0.39, 0.29) is 5.69 Å². The lowest BCUT2D eigenvalue weighted by molar-refractivity contribution is -0.384. The highest BCUT2D eigenvalue weighted by molar-refractivity contribution is 5.56. The molecule has 6 heteroatoms. The summed E-state index contributed by atoms with van der Waals surface area (Å²) < 4.78 is 4.93. The Bertz CT molecular complexity index is 376. The molecule has 0 atom stereocenters. The molecule has 1 aromatic carbocycles. The van der Waals surface area contributed by atoms with Crippen molar-refractivity contribution in [3.63, 3.8) is 0 Å². The van der Waals surface area contributed by atoms with Crippen LogP contribution in [-0.4, -0.2) is 19.1 Å². The molecule has 74 valence electrons. The second-order valence-corrected chi connectivity index (χ2v) is 2.41. The lowest BCUT2D eigenvalue weighted by atomic mass is 10.2. The molecule has 14 heavy (non-hydrogen) atoms. The van der Waals surface area contributed by atoms with E-state index < -0.39 is 4.92 Å². The van der Waals surface area contributed by atoms with Crippen LogP contribution in [0.3, 0.4) is 0 Å². The van der Waals surface area contributed by atoms with Gasteiger partial charge < -0.3 is 4.74 Å². The molecule has 0 spiro atoms. The molecule has 0 amide bonds. The van der Waals surface area contributed by atoms with Gasteiger partial charge in [0.15, 0.2) is 5.75 Å². The molecular formula is C8H9N3O3. The van der Waals surface area contributed by atoms with Crippen molar-refractivity contribution >= 4 is 11.4 Å². The minimum Gasteiger partial charge on any atom is -0.494 e. The van der Waals surface area contributed by atoms with Crippen LogP contribution >= 0.6 is 0 Å². The largest absolute Gasteiger partial charge is 0.494 e. The molecule has 1 aromatic rings. The van der Waals surface area contributed by atoms with E-state index in [1.54, 1.807) is 0 Å². The summed E-state index contributed by atoms with van der Waals surface area (Å²) in [5.41, 5.74) is 0.442. The van der Waals surface area contributed by atoms with Gasteiger partial charge in [0, 0.05) is 13.1 Å². The molecular weight excluding hydrogens is 186 g/mol. The van der Waals surface area contributed by atoms with Crippen molar-refractivity contribution in [1.29, 1.82) is 0 Å². The van der Waals surface area contributed by atoms with Crippen LogP contribution in [0.1, 0.15) is 0 Å². The maximum Gasteiger partial charge on any atom is 0.273 e. The van der Waals surface area contributed by atoms with Crippen LogP contribution in [0, 0.1) is 10.1 Å². The van der Waals surface area contributed by atoms with E-state index >= 15 is 0 Å². The van der Waals surface area contributed by atoms with Gasteiger partial charge in [0.2, 0.25) is 0 Å². The van der Waals surface area contributed by atoms with E-state index in [1.807, 2.05) is 0 Å². The maximum atomic E-state index is 10.4. The van der Waals surface area contributed by atoms with Crippen molar-refractivity contribution in [3.8, 4) is 5.75 Å². The minimum absolute atomic E-state index is 0.0306. The summed E-state index contributed by atoms with van der Waals surface area (Å²) in [6.07, 6.45) is 0. The fraction of sp³-hybridized carbons (Fsp3) is 0.250. The first-order chi connectivity index (χ1) is 6.69. The summed E-state index contributed by atoms with van der Waals surface area (Å²) in [5, 5.41) is 17.8. The third-order valence-corrected chi connectivity index (χ3v) is 1.58. The van der Waals surface area contributed by atoms with E-state index in [1.165, 1.54) is 32.4 Å². The molecule has 0 aliphatic heterocycles. The number of rotatable bonds is 3. The van der Waals surface area contributed by atoms with Gasteiger partial charge in [-0.1, -0.05) is 0 Å². The molecule has 0 fully saturated rings. The molecule has 0 bridgehead atoms. The van der Waals surface area contributed by atoms with Crippen molar-refractivity contribution in [2.45, 2.75) is 0 Å². The van der Waals surface area contributed by atoms with Gasteiger partial charge in [-0.05, 0) is 6.07 Å². The van der Waals surface area contributed by atoms with E-state index in [4.69, 9.17) is 4.74 Å². The molecule has 0 aliphatic rings. The van der Waals surface area contributed by atoms with Crippen LogP contribution < -0.4 is 4.74 Å². The van der Waals surface area contributed by atoms with Gasteiger partial charge in [0.1, 0.15) is 5.69 Å². The zero-order chi connectivity index (χ0) is 10.6. The summed E-state index contributed by atoms with van der Waals surface area (Å²) in [6.45, 7) is 0. The average molecular weight is 195 g/mol. The molecule has 0 N–H and O–H groups in total. The van der Waals surface area contributed by atoms with E-state index in [0.717, 1.165) is 0 Å². The fourth-order valence-electron chi connectivity index (χ4n) is 0.970. The van der Waals surface area contributed by atoms with Crippen molar-refractivity contribution < 1.29 is 9.66 Å². The van der Waals surface area contributed by atoms with Gasteiger partial charge in [-0.3, -0.25) is 10.1 Å². The highest BCUT2D eigenvalue weighted by atomic mass is 16.6. The lowest BCUT2D eigenvalue weighted by Gasteiger charge is -2.01. The zero-order valence-electron chi connectivity index (χ0n) is 7.80. The van der Waals surface area contributed by atoms with Crippen molar-refractivity contribution in [2.75, 3.05) is 14.2 Å². The van der Waals surface area contributed by atoms with Crippen LogP contribution in [0.4, 0.5) is 11.4 Å². The predicted octanol–water partition coefficient (Wildman–Crippen LogP) is 2.32. The smallest absolute Gasteiger partial charge is 0.273 e. The fourth-order valence-corrected chi connectivity index (χ4v) is 0.970. The van der Waals surface area contributed by atoms with Crippen LogP contribution in [0.5, 0.6) is 5.75 Å². The van der Waals surface area contributed by atoms with E-state index in [2.05, 4.69) is 10.2 Å². The standard InChI is InChI=1S/C8H9N3O3/c1-9-10-7-4-3-6(11(12)13)5-8(7)14-2/h3-5H,1-2H3. The normalized spacial score (nSPS) is 10.4. The highest BCUT2D eigenvalue weighted by Crippen LogP contribution is 2.31. The van der Waals surface area contributed by atoms with Gasteiger partial charge >= 0.3 is 0 Å². The van der Waals surface area contributed by atoms with Gasteiger partial charge in [-0.2, -0.15) is 10.2 Å². The Morgan fingerprint density at radius 1 is 1.50 bits per heavy atom. The van der Waals surface area contributed by atoms with Gasteiger partial charge in [0.05, 0.1) is 18.1 Å². The molecule has 0 saturated carbocycles. The molecule has 0 heterocycles. The second-order valence-electron chi connectivity index (χ2n) is 2.41. The second kappa shape index (κ2) is 4.31. The van der Waals surface area contributed by atoms with Crippen LogP contribution in [0.15, 0.2) is 28.4 Å². The summed E-state index contributed by atoms with van der Waals surface area (Å²) >= 11 is 0. The summed E-state index contributed by atoms with van der Waals surface area (Å²) in [6, 6.07) is 4.15. The number of hydrogen-bond acceptors (Lipinski definition) is 5. The Kier molecular flexibility index (Phi) is 3.11. The first-order valence-electron chi connectivity index (χ1n) is 3.81. The minimum atomic E-state index is -0.491. The predicted molar refractivity (Wildman–Crippen MR) is 50.1 cm³/mol. The number of nitro benzene ring substituents is 1. The molecule has 0 unspecified atom stereocenters. The maximum absolute atomic E-state index is 10.4. The van der Waals surface area contributed by atoms with Crippen LogP contribution in [0.2, 0.25) is 0 Å². The van der Waals surface area contributed by atoms with Crippen LogP contribution in [0.25, 0.3) is 0 Å². The molecule has 0 aliphatic carbocycles. The Morgan fingerprint density at radius 2 is 2.21 bits per heavy atom. The Morgan fingerprint density at radius 3 is 2.71 bits per heavy atom. The quantitative estimate of drug-likeness (QED) is 0.421. The molecule has 0 saturated heterocycles. The number of non-ortho nitro benzene ring substituents is 1. The summed E-state index contributed by atoms with van der Waals surface area (Å²) in [7, 11) is 2.94. The number of ether oxygens (including phenoxy) is 1. The average Bonchev–Trinajstić information content (AvgIpc) is 2.18. The Hall–Kier alpha value is -1.98. The highest BCUT2D eigenvalue weighted by Gasteiger charge is 2.10. The van der Waals surface area contributed by atoms with Gasteiger partial charge in [-0.25, -0.2) is 0 Å². The Balaban J connectivity index is 3.17. The van der Waals surface area contributed by atoms with E-state index in [9.17, 15) is 10.1 Å². The van der Waals surface area contributed by atoms with Gasteiger partial charge in [0.25, 0.3) is 5.69 Å². The molecule has 1 rings (SSSR count). The van der Waals surface area contributed by atoms with Crippen molar-refractivity contribution in [3.05, 3.63) is 28.3 Å². The van der Waals surface area contributed by atoms with Crippen molar-refractivity contribution in [1.82, 2.24) is 0 Å².